The van der Waals surface area contributed by atoms with Crippen LogP contribution >= 0.6 is 11.3 Å². The van der Waals surface area contributed by atoms with Crippen LogP contribution in [0.2, 0.25) is 0 Å². The summed E-state index contributed by atoms with van der Waals surface area (Å²) in [6.07, 6.45) is 1.24. The highest BCUT2D eigenvalue weighted by Crippen LogP contribution is 2.37. The summed E-state index contributed by atoms with van der Waals surface area (Å²) in [7, 11) is 3.22. The lowest BCUT2D eigenvalue weighted by atomic mass is 9.73. The van der Waals surface area contributed by atoms with Gasteiger partial charge in [0.05, 0.1) is 12.5 Å². The topological polar surface area (TPSA) is 82.6 Å². The molecule has 8 heteroatoms. The van der Waals surface area contributed by atoms with E-state index in [-0.39, 0.29) is 5.91 Å². The van der Waals surface area contributed by atoms with E-state index in [1.54, 1.807) is 14.2 Å². The van der Waals surface area contributed by atoms with Crippen molar-refractivity contribution in [3.05, 3.63) is 34.8 Å². The van der Waals surface area contributed by atoms with Gasteiger partial charge in [0.25, 0.3) is 0 Å². The first-order valence-electron chi connectivity index (χ1n) is 8.03. The maximum atomic E-state index is 13.1. The highest BCUT2D eigenvalue weighted by Gasteiger charge is 2.42. The number of carbonyl (C=O) groups is 1. The number of hydrogen-bond acceptors (Lipinski definition) is 7. The third-order valence-electron chi connectivity index (χ3n) is 4.38. The Morgan fingerprint density at radius 2 is 1.96 bits per heavy atom. The fourth-order valence-corrected chi connectivity index (χ4v) is 3.69. The normalized spacial score (nSPS) is 16.4. The lowest BCUT2D eigenvalue weighted by Gasteiger charge is -2.36. The van der Waals surface area contributed by atoms with Crippen LogP contribution in [-0.4, -0.2) is 43.5 Å². The van der Waals surface area contributed by atoms with E-state index in [9.17, 15) is 4.79 Å². The first-order chi connectivity index (χ1) is 12.2. The molecule has 1 saturated heterocycles. The molecule has 134 valence electrons. The molecule has 0 aliphatic carbocycles. The van der Waals surface area contributed by atoms with Crippen molar-refractivity contribution in [2.45, 2.75) is 24.9 Å². The quantitative estimate of drug-likeness (QED) is 0.848. The largest absolute Gasteiger partial charge is 0.497 e. The van der Waals surface area contributed by atoms with Crippen LogP contribution in [0.1, 0.15) is 23.4 Å². The van der Waals surface area contributed by atoms with Crippen molar-refractivity contribution in [1.82, 2.24) is 10.2 Å². The molecule has 1 aliphatic rings. The van der Waals surface area contributed by atoms with Crippen LogP contribution in [0.5, 0.6) is 5.75 Å². The zero-order valence-corrected chi connectivity index (χ0v) is 15.1. The molecule has 0 unspecified atom stereocenters. The number of ether oxygens (including phenoxy) is 3. The molecule has 3 rings (SSSR count). The molecule has 1 fully saturated rings. The van der Waals surface area contributed by atoms with E-state index < -0.39 is 5.41 Å². The summed E-state index contributed by atoms with van der Waals surface area (Å²) in [5.41, 5.74) is 0.313. The number of anilines is 1. The van der Waals surface area contributed by atoms with Crippen molar-refractivity contribution in [2.24, 2.45) is 0 Å². The van der Waals surface area contributed by atoms with E-state index in [4.69, 9.17) is 14.2 Å². The van der Waals surface area contributed by atoms with Crippen LogP contribution in [0.4, 0.5) is 5.13 Å². The summed E-state index contributed by atoms with van der Waals surface area (Å²) in [6, 6.07) is 7.64. The highest BCUT2D eigenvalue weighted by atomic mass is 32.1. The third kappa shape index (κ3) is 3.81. The summed E-state index contributed by atoms with van der Waals surface area (Å²) < 4.78 is 15.7. The lowest BCUT2D eigenvalue weighted by Crippen LogP contribution is -2.44. The lowest BCUT2D eigenvalue weighted by molar-refractivity contribution is -0.125. The molecule has 2 aromatic rings. The molecular weight excluding hydrogens is 342 g/mol. The Bertz CT molecular complexity index is 711. The summed E-state index contributed by atoms with van der Waals surface area (Å²) in [5, 5.41) is 12.2. The number of aromatic nitrogens is 2. The van der Waals surface area contributed by atoms with Crippen LogP contribution < -0.4 is 10.1 Å². The van der Waals surface area contributed by atoms with Gasteiger partial charge in [-0.25, -0.2) is 0 Å². The van der Waals surface area contributed by atoms with Crippen LogP contribution in [0.25, 0.3) is 0 Å². The molecule has 0 saturated carbocycles. The Morgan fingerprint density at radius 3 is 2.60 bits per heavy atom. The number of nitrogens with one attached hydrogen (secondary N) is 1. The van der Waals surface area contributed by atoms with E-state index in [1.807, 2.05) is 24.3 Å². The maximum Gasteiger partial charge on any atom is 0.237 e. The molecule has 1 aromatic carbocycles. The molecule has 7 nitrogen and oxygen atoms in total. The standard InChI is InChI=1S/C17H21N3O4S/c1-22-11-14-19-20-16(25-14)18-15(21)17(7-9-24-10-8-17)12-3-5-13(23-2)6-4-12/h3-6H,7-11H2,1-2H3,(H,18,20,21). The molecule has 1 amide bonds. The van der Waals surface area contributed by atoms with Gasteiger partial charge in [0.15, 0.2) is 0 Å². The Morgan fingerprint density at radius 1 is 1.24 bits per heavy atom. The Kier molecular flexibility index (Phi) is 5.62. The fraction of sp³-hybridized carbons (Fsp3) is 0.471. The molecule has 1 N–H and O–H groups in total. The minimum absolute atomic E-state index is 0.0823. The summed E-state index contributed by atoms with van der Waals surface area (Å²) in [6.45, 7) is 1.47. The van der Waals surface area contributed by atoms with Gasteiger partial charge in [-0.1, -0.05) is 23.5 Å². The minimum Gasteiger partial charge on any atom is -0.497 e. The number of benzene rings is 1. The average Bonchev–Trinajstić information content (AvgIpc) is 3.09. The first kappa shape index (κ1) is 17.8. The molecule has 2 heterocycles. The number of methoxy groups -OCH3 is 2. The van der Waals surface area contributed by atoms with Gasteiger partial charge in [-0.15, -0.1) is 10.2 Å². The van der Waals surface area contributed by atoms with E-state index in [1.165, 1.54) is 11.3 Å². The Balaban J connectivity index is 1.84. The summed E-state index contributed by atoms with van der Waals surface area (Å²) >= 11 is 1.32. The van der Waals surface area contributed by atoms with Crippen LogP contribution in [0.3, 0.4) is 0 Å². The molecule has 0 spiro atoms. The SMILES string of the molecule is COCc1nnc(NC(=O)C2(c3ccc(OC)cc3)CCOCC2)s1. The number of rotatable bonds is 6. The van der Waals surface area contributed by atoms with E-state index in [2.05, 4.69) is 15.5 Å². The van der Waals surface area contributed by atoms with Crippen molar-refractivity contribution >= 4 is 22.4 Å². The van der Waals surface area contributed by atoms with Gasteiger partial charge in [-0.2, -0.15) is 0 Å². The summed E-state index contributed by atoms with van der Waals surface area (Å²) in [5.74, 6) is 0.681. The zero-order chi connectivity index (χ0) is 17.7. The van der Waals surface area contributed by atoms with Gasteiger partial charge in [-0.05, 0) is 30.5 Å². The number of nitrogens with zero attached hydrogens (tertiary/aromatic N) is 2. The Labute approximate surface area is 150 Å². The summed E-state index contributed by atoms with van der Waals surface area (Å²) in [4.78, 5) is 13.1. The Hall–Kier alpha value is -2.03. The van der Waals surface area contributed by atoms with Crippen molar-refractivity contribution in [3.8, 4) is 5.75 Å². The van der Waals surface area contributed by atoms with Gasteiger partial charge in [0.2, 0.25) is 11.0 Å². The predicted octanol–water partition coefficient (Wildman–Crippen LogP) is 2.38. The highest BCUT2D eigenvalue weighted by molar-refractivity contribution is 7.15. The third-order valence-corrected chi connectivity index (χ3v) is 5.19. The van der Waals surface area contributed by atoms with Crippen LogP contribution in [-0.2, 0) is 26.3 Å². The molecule has 1 aliphatic heterocycles. The number of hydrogen-bond donors (Lipinski definition) is 1. The van der Waals surface area contributed by atoms with E-state index >= 15 is 0 Å². The first-order valence-corrected chi connectivity index (χ1v) is 8.84. The maximum absolute atomic E-state index is 13.1. The number of carbonyl (C=O) groups excluding carboxylic acids is 1. The fourth-order valence-electron chi connectivity index (χ4n) is 2.98. The molecule has 0 radical (unpaired) electrons. The van der Waals surface area contributed by atoms with Crippen molar-refractivity contribution < 1.29 is 19.0 Å². The second-order valence-electron chi connectivity index (χ2n) is 5.81. The van der Waals surface area contributed by atoms with Crippen molar-refractivity contribution in [3.63, 3.8) is 0 Å². The molecular formula is C17H21N3O4S. The second-order valence-corrected chi connectivity index (χ2v) is 6.87. The van der Waals surface area contributed by atoms with Crippen LogP contribution in [0.15, 0.2) is 24.3 Å². The van der Waals surface area contributed by atoms with Gasteiger partial charge in [0, 0.05) is 20.3 Å². The average molecular weight is 363 g/mol. The monoisotopic (exact) mass is 363 g/mol. The second kappa shape index (κ2) is 7.90. The zero-order valence-electron chi connectivity index (χ0n) is 14.3. The molecule has 25 heavy (non-hydrogen) atoms. The van der Waals surface area contributed by atoms with Gasteiger partial charge in [-0.3, -0.25) is 10.1 Å². The number of amides is 1. The van der Waals surface area contributed by atoms with E-state index in [0.717, 1.165) is 16.3 Å². The molecule has 0 bridgehead atoms. The van der Waals surface area contributed by atoms with E-state index in [0.29, 0.717) is 37.8 Å². The van der Waals surface area contributed by atoms with Gasteiger partial charge < -0.3 is 14.2 Å². The smallest absolute Gasteiger partial charge is 0.237 e. The van der Waals surface area contributed by atoms with Gasteiger partial charge in [0.1, 0.15) is 17.4 Å². The van der Waals surface area contributed by atoms with Gasteiger partial charge >= 0.3 is 0 Å². The molecule has 0 atom stereocenters. The van der Waals surface area contributed by atoms with Crippen LogP contribution in [0, 0.1) is 0 Å². The van der Waals surface area contributed by atoms with Crippen molar-refractivity contribution in [2.75, 3.05) is 32.8 Å². The predicted molar refractivity (Wildman–Crippen MR) is 94.0 cm³/mol. The molecule has 1 aromatic heterocycles. The minimum atomic E-state index is -0.641. The van der Waals surface area contributed by atoms with Crippen molar-refractivity contribution in [1.29, 1.82) is 0 Å².